The van der Waals surface area contributed by atoms with E-state index in [1.165, 1.54) is 32.2 Å². The first-order chi connectivity index (χ1) is 16.1. The molecule has 11 heteroatoms. The van der Waals surface area contributed by atoms with Crippen molar-refractivity contribution in [1.29, 1.82) is 0 Å². The minimum atomic E-state index is -3.94. The van der Waals surface area contributed by atoms with Crippen LogP contribution in [0.15, 0.2) is 41.7 Å². The predicted octanol–water partition coefficient (Wildman–Crippen LogP) is 5.36. The molecule has 1 aromatic heterocycles. The predicted molar refractivity (Wildman–Crippen MR) is 143 cm³/mol. The minimum absolute atomic E-state index is 0.0382. The maximum Gasteiger partial charge on any atom is 0.420 e. The Hall–Kier alpha value is -2.41. The van der Waals surface area contributed by atoms with Crippen LogP contribution in [-0.4, -0.2) is 29.4 Å². The summed E-state index contributed by atoms with van der Waals surface area (Å²) in [7, 11) is -2.55. The molecule has 1 aliphatic carbocycles. The average Bonchev–Trinajstić information content (AvgIpc) is 3.50. The van der Waals surface area contributed by atoms with Gasteiger partial charge in [-0.05, 0) is 93.8 Å². The van der Waals surface area contributed by atoms with Crippen LogP contribution in [-0.2, 0) is 21.8 Å². The number of carbonyl (C=O) groups excluding carboxylic acids is 1. The molecule has 0 radical (unpaired) electrons. The van der Waals surface area contributed by atoms with E-state index in [0.29, 0.717) is 16.4 Å². The maximum atomic E-state index is 15.2. The number of nitrogens with one attached hydrogen (secondary N) is 1. The highest BCUT2D eigenvalue weighted by Crippen LogP contribution is 2.48. The molecule has 1 aliphatic rings. The third-order valence-electron chi connectivity index (χ3n) is 5.64. The van der Waals surface area contributed by atoms with E-state index in [4.69, 9.17) is 4.74 Å². The number of rotatable bonds is 7. The number of allylic oxidation sites excluding steroid dienone is 1. The first-order valence-electron chi connectivity index (χ1n) is 10.9. The molecule has 190 valence electrons. The minimum Gasteiger partial charge on any atom is -0.443 e. The maximum absolute atomic E-state index is 15.2. The lowest BCUT2D eigenvalue weighted by Crippen LogP contribution is -2.39. The molecule has 1 heterocycles. The summed E-state index contributed by atoms with van der Waals surface area (Å²) in [6.07, 6.45) is 1.74. The van der Waals surface area contributed by atoms with Crippen LogP contribution in [0.2, 0.25) is 0 Å². The van der Waals surface area contributed by atoms with Crippen molar-refractivity contribution in [2.45, 2.75) is 57.3 Å². The summed E-state index contributed by atoms with van der Waals surface area (Å²) in [4.78, 5) is 27.2. The van der Waals surface area contributed by atoms with Crippen LogP contribution in [0.4, 0.5) is 26.4 Å². The smallest absolute Gasteiger partial charge is 0.420 e. The monoisotopic (exact) mass is 617 g/mol. The van der Waals surface area contributed by atoms with Crippen molar-refractivity contribution >= 4 is 55.9 Å². The van der Waals surface area contributed by atoms with Gasteiger partial charge in [-0.25, -0.2) is 22.5 Å². The van der Waals surface area contributed by atoms with Crippen LogP contribution >= 0.6 is 22.6 Å². The van der Waals surface area contributed by atoms with E-state index in [-0.39, 0.29) is 29.2 Å². The third kappa shape index (κ3) is 5.55. The highest BCUT2D eigenvalue weighted by Gasteiger charge is 2.54. The fourth-order valence-electron chi connectivity index (χ4n) is 3.74. The molecule has 35 heavy (non-hydrogen) atoms. The fraction of sp³-hybridized carbons (Fsp3) is 0.417. The van der Waals surface area contributed by atoms with E-state index in [9.17, 15) is 18.0 Å². The largest absolute Gasteiger partial charge is 0.443 e. The Morgan fingerprint density at radius 3 is 2.49 bits per heavy atom. The normalized spacial score (nSPS) is 14.8. The van der Waals surface area contributed by atoms with Gasteiger partial charge in [0.15, 0.2) is 0 Å². The number of anilines is 3. The molecule has 1 N–H and O–H groups in total. The van der Waals surface area contributed by atoms with Crippen LogP contribution in [0.5, 0.6) is 0 Å². The zero-order valence-electron chi connectivity index (χ0n) is 20.3. The number of amides is 1. The fourth-order valence-corrected chi connectivity index (χ4v) is 5.82. The SMILES string of the molecule is C=CCC1(S(=O)(=O)Nc2cc(C)c(=O)n(C)c2N(C(=O)OC(C)(C)C)c2ccc(I)cc2F)CC1. The number of halogens is 2. The van der Waals surface area contributed by atoms with Gasteiger partial charge in [-0.1, -0.05) is 6.08 Å². The van der Waals surface area contributed by atoms with Gasteiger partial charge in [0.2, 0.25) is 10.0 Å². The van der Waals surface area contributed by atoms with Crippen LogP contribution < -0.4 is 15.2 Å². The Labute approximate surface area is 218 Å². The molecule has 1 amide bonds. The lowest BCUT2D eigenvalue weighted by molar-refractivity contribution is 0.0596. The van der Waals surface area contributed by atoms with Crippen LogP contribution in [0.3, 0.4) is 0 Å². The number of nitrogens with zero attached hydrogens (tertiary/aromatic N) is 2. The highest BCUT2D eigenvalue weighted by atomic mass is 127. The molecule has 0 spiro atoms. The third-order valence-corrected chi connectivity index (χ3v) is 8.51. The van der Waals surface area contributed by atoms with Gasteiger partial charge in [0.25, 0.3) is 5.56 Å². The second kappa shape index (κ2) is 9.57. The Morgan fingerprint density at radius 1 is 1.34 bits per heavy atom. The number of aromatic nitrogens is 1. The van der Waals surface area contributed by atoms with Crippen molar-refractivity contribution < 1.29 is 22.3 Å². The highest BCUT2D eigenvalue weighted by molar-refractivity contribution is 14.1. The number of hydrogen-bond acceptors (Lipinski definition) is 5. The summed E-state index contributed by atoms with van der Waals surface area (Å²) < 4.78 is 50.7. The number of benzene rings is 1. The molecule has 0 atom stereocenters. The molecule has 1 saturated carbocycles. The van der Waals surface area contributed by atoms with Gasteiger partial charge in [0.05, 0.1) is 16.1 Å². The lowest BCUT2D eigenvalue weighted by atomic mass is 10.2. The van der Waals surface area contributed by atoms with Gasteiger partial charge in [-0.3, -0.25) is 14.1 Å². The molecule has 2 aromatic rings. The average molecular weight is 617 g/mol. The number of pyridine rings is 1. The summed E-state index contributed by atoms with van der Waals surface area (Å²) >= 11 is 1.93. The van der Waals surface area contributed by atoms with Gasteiger partial charge in [-0.2, -0.15) is 0 Å². The van der Waals surface area contributed by atoms with E-state index in [2.05, 4.69) is 11.3 Å². The Bertz CT molecular complexity index is 1340. The second-order valence-corrected chi connectivity index (χ2v) is 12.9. The van der Waals surface area contributed by atoms with E-state index in [1.807, 2.05) is 22.6 Å². The first kappa shape index (κ1) is 27.2. The van der Waals surface area contributed by atoms with Gasteiger partial charge in [0.1, 0.15) is 17.2 Å². The molecule has 0 aliphatic heterocycles. The summed E-state index contributed by atoms with van der Waals surface area (Å²) in [5, 5.41) is 0. The van der Waals surface area contributed by atoms with Crippen molar-refractivity contribution in [2.24, 2.45) is 7.05 Å². The molecule has 0 unspecified atom stereocenters. The van der Waals surface area contributed by atoms with Crippen molar-refractivity contribution in [3.63, 3.8) is 0 Å². The van der Waals surface area contributed by atoms with Gasteiger partial charge in [-0.15, -0.1) is 6.58 Å². The summed E-state index contributed by atoms with van der Waals surface area (Å²) in [5.74, 6) is -0.900. The number of aryl methyl sites for hydroxylation is 1. The summed E-state index contributed by atoms with van der Waals surface area (Å²) in [6.45, 7) is 10.1. The second-order valence-electron chi connectivity index (χ2n) is 9.62. The Balaban J connectivity index is 2.28. The van der Waals surface area contributed by atoms with Crippen molar-refractivity contribution in [3.8, 4) is 0 Å². The number of ether oxygens (including phenoxy) is 1. The Kier molecular flexibility index (Phi) is 7.43. The lowest BCUT2D eigenvalue weighted by Gasteiger charge is -2.31. The summed E-state index contributed by atoms with van der Waals surface area (Å²) in [6, 6.07) is 5.55. The van der Waals surface area contributed by atoms with Crippen molar-refractivity contribution in [1.82, 2.24) is 4.57 Å². The summed E-state index contributed by atoms with van der Waals surface area (Å²) in [5.41, 5.74) is -1.40. The standard InChI is InChI=1S/C24H29FIN3O5S/c1-7-10-24(11-12-24)35(32,33)27-18-13-15(2)21(30)28(6)20(18)29(22(31)34-23(3,4)5)19-9-8-16(26)14-17(19)25/h7-9,13-14,27H,1,10-12H2,2-6H3. The zero-order valence-corrected chi connectivity index (χ0v) is 23.3. The molecule has 0 saturated heterocycles. The van der Waals surface area contributed by atoms with Crippen LogP contribution in [0.25, 0.3) is 0 Å². The van der Waals surface area contributed by atoms with Crippen LogP contribution in [0.1, 0.15) is 45.6 Å². The quantitative estimate of drug-likeness (QED) is 0.333. The first-order valence-corrected chi connectivity index (χ1v) is 13.5. The topological polar surface area (TPSA) is 97.7 Å². The number of carbonyl (C=O) groups is 1. The van der Waals surface area contributed by atoms with Gasteiger partial charge >= 0.3 is 6.09 Å². The van der Waals surface area contributed by atoms with E-state index >= 15 is 4.39 Å². The van der Waals surface area contributed by atoms with Crippen LogP contribution in [0, 0.1) is 16.3 Å². The number of sulfonamides is 1. The van der Waals surface area contributed by atoms with Crippen molar-refractivity contribution in [3.05, 3.63) is 62.2 Å². The zero-order chi connectivity index (χ0) is 26.3. The molecule has 1 fully saturated rings. The number of hydrogen-bond donors (Lipinski definition) is 1. The van der Waals surface area contributed by atoms with E-state index < -0.39 is 37.8 Å². The molecular formula is C24H29FIN3O5S. The Morgan fingerprint density at radius 2 is 1.97 bits per heavy atom. The molecule has 8 nitrogen and oxygen atoms in total. The van der Waals surface area contributed by atoms with E-state index in [1.54, 1.807) is 32.9 Å². The van der Waals surface area contributed by atoms with Crippen molar-refractivity contribution in [2.75, 3.05) is 9.62 Å². The van der Waals surface area contributed by atoms with Gasteiger partial charge in [0, 0.05) is 16.2 Å². The molecule has 1 aromatic carbocycles. The molecular weight excluding hydrogens is 588 g/mol. The molecule has 0 bridgehead atoms. The van der Waals surface area contributed by atoms with E-state index in [0.717, 1.165) is 9.47 Å². The molecule has 3 rings (SSSR count). The van der Waals surface area contributed by atoms with Gasteiger partial charge < -0.3 is 4.74 Å².